The first-order valence-electron chi connectivity index (χ1n) is 6.16. The topological polar surface area (TPSA) is 115 Å². The minimum atomic E-state index is 0. The van der Waals surface area contributed by atoms with E-state index >= 15 is 0 Å². The van der Waals surface area contributed by atoms with Crippen molar-refractivity contribution in [1.29, 1.82) is 0 Å². The molecule has 1 saturated carbocycles. The Bertz CT molecular complexity index is 555. The molecule has 1 aliphatic carbocycles. The van der Waals surface area contributed by atoms with Gasteiger partial charge in [-0.25, -0.2) is 4.79 Å². The van der Waals surface area contributed by atoms with Gasteiger partial charge in [0.05, 0.1) is 7.11 Å². The Morgan fingerprint density at radius 1 is 1.12 bits per heavy atom. The fourth-order valence-corrected chi connectivity index (χ4v) is 1.50. The van der Waals surface area contributed by atoms with E-state index in [9.17, 15) is 4.79 Å². The summed E-state index contributed by atoms with van der Waals surface area (Å²) in [5.74, 6) is 3.44. The molecule has 1 aliphatic rings. The van der Waals surface area contributed by atoms with Gasteiger partial charge in [0.1, 0.15) is 12.4 Å². The summed E-state index contributed by atoms with van der Waals surface area (Å²) in [7, 11) is 1.63. The quantitative estimate of drug-likeness (QED) is 0.336. The van der Waals surface area contributed by atoms with Crippen molar-refractivity contribution in [3.8, 4) is 5.75 Å². The summed E-state index contributed by atoms with van der Waals surface area (Å²) in [6, 6.07) is 7.62. The van der Waals surface area contributed by atoms with Crippen LogP contribution >= 0.6 is 0 Å². The average molecular weight is 382 g/mol. The molecule has 0 aliphatic heterocycles. The van der Waals surface area contributed by atoms with Crippen LogP contribution in [0.5, 0.6) is 5.75 Å². The number of hydrogen-bond donors (Lipinski definition) is 0. The molecule has 0 amide bonds. The molecule has 8 heteroatoms. The summed E-state index contributed by atoms with van der Waals surface area (Å²) in [6.07, 6.45) is 2.09. The van der Waals surface area contributed by atoms with Gasteiger partial charge >= 0.3 is 45.2 Å². The Labute approximate surface area is 157 Å². The van der Waals surface area contributed by atoms with Crippen molar-refractivity contribution in [1.82, 2.24) is 0 Å². The van der Waals surface area contributed by atoms with E-state index in [-0.39, 0.29) is 17.4 Å². The first-order chi connectivity index (χ1) is 11.8. The number of hydrogen-bond acceptors (Lipinski definition) is 3. The van der Waals surface area contributed by atoms with Crippen LogP contribution in [-0.4, -0.2) is 13.1 Å². The van der Waals surface area contributed by atoms with Crippen molar-refractivity contribution in [3.63, 3.8) is 0 Å². The summed E-state index contributed by atoms with van der Waals surface area (Å²) in [5.41, 5.74) is 0.993. The van der Waals surface area contributed by atoms with E-state index < -0.39 is 0 Å². The van der Waals surface area contributed by atoms with Crippen molar-refractivity contribution < 1.29 is 50.2 Å². The first kappa shape index (κ1) is 30.6. The van der Waals surface area contributed by atoms with Crippen LogP contribution in [0.3, 0.4) is 0 Å². The van der Waals surface area contributed by atoms with Crippen LogP contribution in [0.4, 0.5) is 0 Å². The van der Waals surface area contributed by atoms with Gasteiger partial charge in [-0.2, -0.15) is 0 Å². The largest absolute Gasteiger partial charge is 0 e. The number of ether oxygens (including phenoxy) is 2. The molecule has 1 aromatic carbocycles. The van der Waals surface area contributed by atoms with Gasteiger partial charge < -0.3 is 9.47 Å². The van der Waals surface area contributed by atoms with Gasteiger partial charge in [0.15, 0.2) is 11.7 Å². The molecule has 0 spiro atoms. The van der Waals surface area contributed by atoms with Crippen LogP contribution in [0.2, 0.25) is 0 Å². The van der Waals surface area contributed by atoms with Gasteiger partial charge in [-0.1, -0.05) is 12.1 Å². The van der Waals surface area contributed by atoms with Gasteiger partial charge in [-0.3, -0.25) is 0 Å². The molecule has 0 radical (unpaired) electrons. The Morgan fingerprint density at radius 2 is 1.64 bits per heavy atom. The van der Waals surface area contributed by atoms with Gasteiger partial charge in [-0.05, 0) is 30.5 Å². The third kappa shape index (κ3) is 15.1. The number of benzene rings is 1. The maximum absolute atomic E-state index is 10.6. The van der Waals surface area contributed by atoms with E-state index in [1.54, 1.807) is 7.11 Å². The number of methoxy groups -OCH3 is 1. The molecular formula is C17H14CrO7. The Hall–Kier alpha value is -2.24. The van der Waals surface area contributed by atoms with Crippen LogP contribution in [0.25, 0.3) is 0 Å². The van der Waals surface area contributed by atoms with E-state index in [2.05, 4.69) is 26.6 Å². The molecule has 1 fully saturated rings. The van der Waals surface area contributed by atoms with Crippen molar-refractivity contribution in [2.75, 3.05) is 7.11 Å². The fraction of sp³-hybridized carbons (Fsp3) is 0.294. The smallest absolute Gasteiger partial charge is 0 e. The van der Waals surface area contributed by atoms with Gasteiger partial charge in [-0.15, -0.1) is 0 Å². The second-order valence-electron chi connectivity index (χ2n) is 3.88. The first-order valence-corrected chi connectivity index (χ1v) is 6.16. The minimum absolute atomic E-state index is 0. The Balaban J connectivity index is -0.000000217. The van der Waals surface area contributed by atoms with Gasteiger partial charge in [0.25, 0.3) is 0 Å². The maximum Gasteiger partial charge on any atom is 0 e. The van der Waals surface area contributed by atoms with Crippen LogP contribution in [0.1, 0.15) is 18.4 Å². The van der Waals surface area contributed by atoms with Crippen molar-refractivity contribution in [2.24, 2.45) is 5.92 Å². The van der Waals surface area contributed by atoms with Crippen LogP contribution in [0, 0.1) is 32.5 Å². The van der Waals surface area contributed by atoms with E-state index in [4.69, 9.17) is 28.1 Å². The molecule has 130 valence electrons. The molecule has 1 aromatic rings. The third-order valence-electron chi connectivity index (χ3n) is 2.58. The fourth-order valence-electron chi connectivity index (χ4n) is 1.50. The molecule has 2 rings (SSSR count). The summed E-state index contributed by atoms with van der Waals surface area (Å²) < 4.78 is 40.5. The molecule has 0 N–H and O–H groups in total. The van der Waals surface area contributed by atoms with Crippen LogP contribution < -0.4 is 4.74 Å². The molecule has 0 unspecified atom stereocenters. The Kier molecular flexibility index (Phi) is 29.4. The average Bonchev–Trinajstić information content (AvgIpc) is 3.54. The van der Waals surface area contributed by atoms with Crippen molar-refractivity contribution in [2.45, 2.75) is 19.4 Å². The molecule has 0 saturated heterocycles. The molecule has 0 heterocycles. The molecule has 0 bridgehead atoms. The molecular weight excluding hydrogens is 368 g/mol. The zero-order valence-corrected chi connectivity index (χ0v) is 14.5. The third-order valence-corrected chi connectivity index (χ3v) is 2.58. The van der Waals surface area contributed by atoms with Crippen LogP contribution in [-0.2, 0) is 52.1 Å². The summed E-state index contributed by atoms with van der Waals surface area (Å²) in [5, 5.41) is 0. The predicted molar refractivity (Wildman–Crippen MR) is 75.4 cm³/mol. The van der Waals surface area contributed by atoms with Gasteiger partial charge in [0.2, 0.25) is 0 Å². The Morgan fingerprint density at radius 3 is 2.04 bits per heavy atom. The van der Waals surface area contributed by atoms with E-state index in [0.717, 1.165) is 24.2 Å². The summed E-state index contributed by atoms with van der Waals surface area (Å²) in [6.45, 7) is 18.4. The molecule has 0 atom stereocenters. The van der Waals surface area contributed by atoms with Crippen molar-refractivity contribution in [3.05, 3.63) is 62.2 Å². The van der Waals surface area contributed by atoms with E-state index in [1.807, 2.05) is 30.2 Å². The summed E-state index contributed by atoms with van der Waals surface area (Å²) >= 11 is 0. The maximum atomic E-state index is 10.6. The van der Waals surface area contributed by atoms with E-state index in [0.29, 0.717) is 18.3 Å². The second-order valence-corrected chi connectivity index (χ2v) is 3.88. The SMILES string of the molecule is COc1cccc(COC(=C=O)C2CC2)c1.[C-]#[O+].[C-]#[O+].[C-]#[O+].[C-]#[O+].[Cr]. The molecule has 7 nitrogen and oxygen atoms in total. The zero-order chi connectivity index (χ0) is 19.4. The number of rotatable bonds is 5. The number of allylic oxidation sites excluding steroid dienone is 1. The zero-order valence-electron chi connectivity index (χ0n) is 13.3. The second kappa shape index (κ2) is 24.0. The molecule has 0 aromatic heterocycles. The summed E-state index contributed by atoms with van der Waals surface area (Å²) in [4.78, 5) is 10.6. The monoisotopic (exact) mass is 382 g/mol. The van der Waals surface area contributed by atoms with Gasteiger partial charge in [0, 0.05) is 23.3 Å². The van der Waals surface area contributed by atoms with E-state index in [1.165, 1.54) is 0 Å². The minimum Gasteiger partial charge on any atom is 0 e. The van der Waals surface area contributed by atoms with Crippen molar-refractivity contribution >= 4 is 5.94 Å². The number of carbonyl (C=O) groups excluding carboxylic acids is 1. The normalized spacial score (nSPS) is 9.32. The molecule has 25 heavy (non-hydrogen) atoms. The van der Waals surface area contributed by atoms with Crippen LogP contribution in [0.15, 0.2) is 30.0 Å². The predicted octanol–water partition coefficient (Wildman–Crippen LogP) is 2.18. The standard InChI is InChI=1S/C13H14O3.4CO.Cr/c1-15-12-4-2-3-10(7-12)9-16-13(8-14)11-5-6-11;4*1-2;/h2-4,7,11H,5-6,9H2,1H3;;;;;.